The Hall–Kier alpha value is -2.74. The van der Waals surface area contributed by atoms with Crippen molar-refractivity contribution < 1.29 is 9.47 Å². The minimum Gasteiger partial charge on any atom is -0.496 e. The largest absolute Gasteiger partial charge is 0.496 e. The van der Waals surface area contributed by atoms with Crippen molar-refractivity contribution in [3.8, 4) is 22.6 Å². The van der Waals surface area contributed by atoms with Crippen molar-refractivity contribution in [1.82, 2.24) is 0 Å². The highest BCUT2D eigenvalue weighted by molar-refractivity contribution is 5.70. The van der Waals surface area contributed by atoms with Gasteiger partial charge in [-0.05, 0) is 61.4 Å². The van der Waals surface area contributed by atoms with Crippen LogP contribution in [0.25, 0.3) is 11.1 Å². The molecule has 0 aliphatic heterocycles. The van der Waals surface area contributed by atoms with E-state index in [0.29, 0.717) is 0 Å². The topological polar surface area (TPSA) is 18.5 Å². The molecule has 3 aromatic carbocycles. The van der Waals surface area contributed by atoms with E-state index in [9.17, 15) is 0 Å². The minimum atomic E-state index is 0.918. The third kappa shape index (κ3) is 4.91. The predicted octanol–water partition coefficient (Wildman–Crippen LogP) is 6.24. The van der Waals surface area contributed by atoms with Crippen molar-refractivity contribution in [1.29, 1.82) is 0 Å². The molecule has 3 rings (SSSR count). The number of benzene rings is 3. The van der Waals surface area contributed by atoms with E-state index in [4.69, 9.17) is 9.47 Å². The highest BCUT2D eigenvalue weighted by Gasteiger charge is 2.06. The van der Waals surface area contributed by atoms with Crippen LogP contribution in [0.15, 0.2) is 66.7 Å². The fourth-order valence-electron chi connectivity index (χ4n) is 3.52. The van der Waals surface area contributed by atoms with Crippen molar-refractivity contribution in [2.45, 2.75) is 32.6 Å². The van der Waals surface area contributed by atoms with E-state index in [-0.39, 0.29) is 0 Å². The average molecular weight is 360 g/mol. The Balaban J connectivity index is 1.62. The van der Waals surface area contributed by atoms with Gasteiger partial charge in [0.15, 0.2) is 0 Å². The number of hydrogen-bond acceptors (Lipinski definition) is 2. The number of rotatable bonds is 8. The first-order valence-corrected chi connectivity index (χ1v) is 9.57. The van der Waals surface area contributed by atoms with Crippen LogP contribution in [0.5, 0.6) is 11.5 Å². The summed E-state index contributed by atoms with van der Waals surface area (Å²) >= 11 is 0. The first-order chi connectivity index (χ1) is 13.2. The summed E-state index contributed by atoms with van der Waals surface area (Å²) in [7, 11) is 3.47. The van der Waals surface area contributed by atoms with Crippen LogP contribution >= 0.6 is 0 Å². The molecule has 2 nitrogen and oxygen atoms in total. The van der Waals surface area contributed by atoms with Gasteiger partial charge in [0, 0.05) is 5.56 Å². The van der Waals surface area contributed by atoms with Gasteiger partial charge in [0.1, 0.15) is 11.5 Å². The van der Waals surface area contributed by atoms with E-state index in [2.05, 4.69) is 61.5 Å². The first-order valence-electron chi connectivity index (χ1n) is 9.57. The van der Waals surface area contributed by atoms with Crippen LogP contribution in [0.3, 0.4) is 0 Å². The summed E-state index contributed by atoms with van der Waals surface area (Å²) in [5, 5.41) is 0. The van der Waals surface area contributed by atoms with Crippen molar-refractivity contribution in [2.24, 2.45) is 0 Å². The van der Waals surface area contributed by atoms with Crippen LogP contribution in [-0.4, -0.2) is 14.2 Å². The van der Waals surface area contributed by atoms with Gasteiger partial charge in [0.05, 0.1) is 14.2 Å². The SMILES string of the molecule is COc1ccc(C)cc1CCCCc1cccc(-c2ccccc2OC)c1. The van der Waals surface area contributed by atoms with Crippen molar-refractivity contribution in [2.75, 3.05) is 14.2 Å². The van der Waals surface area contributed by atoms with Crippen LogP contribution in [0.2, 0.25) is 0 Å². The van der Waals surface area contributed by atoms with Gasteiger partial charge >= 0.3 is 0 Å². The molecule has 0 fully saturated rings. The molecular weight excluding hydrogens is 332 g/mol. The molecule has 0 atom stereocenters. The summed E-state index contributed by atoms with van der Waals surface area (Å²) in [6.07, 6.45) is 4.44. The van der Waals surface area contributed by atoms with Gasteiger partial charge in [-0.15, -0.1) is 0 Å². The van der Waals surface area contributed by atoms with E-state index in [1.807, 2.05) is 12.1 Å². The predicted molar refractivity (Wildman–Crippen MR) is 113 cm³/mol. The summed E-state index contributed by atoms with van der Waals surface area (Å²) in [4.78, 5) is 0. The number of para-hydroxylation sites is 1. The van der Waals surface area contributed by atoms with Crippen molar-refractivity contribution in [3.63, 3.8) is 0 Å². The lowest BCUT2D eigenvalue weighted by molar-refractivity contribution is 0.409. The maximum atomic E-state index is 5.51. The number of ether oxygens (including phenoxy) is 2. The molecular formula is C25H28O2. The molecule has 0 heterocycles. The standard InChI is InChI=1S/C25H28O2/c1-19-15-16-24(26-2)22(17-19)11-5-4-9-20-10-8-12-21(18-20)23-13-6-7-14-25(23)27-3/h6-8,10,12-18H,4-5,9,11H2,1-3H3. The van der Waals surface area contributed by atoms with E-state index in [1.54, 1.807) is 14.2 Å². The average Bonchev–Trinajstić information content (AvgIpc) is 2.71. The van der Waals surface area contributed by atoms with E-state index in [1.165, 1.54) is 22.3 Å². The van der Waals surface area contributed by atoms with Crippen molar-refractivity contribution >= 4 is 0 Å². The molecule has 0 bridgehead atoms. The fraction of sp³-hybridized carbons (Fsp3) is 0.280. The monoisotopic (exact) mass is 360 g/mol. The Morgan fingerprint density at radius 3 is 2.30 bits per heavy atom. The normalized spacial score (nSPS) is 10.6. The molecule has 0 aromatic heterocycles. The van der Waals surface area contributed by atoms with Gasteiger partial charge in [-0.2, -0.15) is 0 Å². The summed E-state index contributed by atoms with van der Waals surface area (Å²) in [5.74, 6) is 1.92. The molecule has 0 radical (unpaired) electrons. The van der Waals surface area contributed by atoms with E-state index in [0.717, 1.165) is 42.7 Å². The quantitative estimate of drug-likeness (QED) is 0.442. The Morgan fingerprint density at radius 2 is 1.48 bits per heavy atom. The van der Waals surface area contributed by atoms with Crippen LogP contribution in [0.1, 0.15) is 29.5 Å². The Morgan fingerprint density at radius 1 is 0.704 bits per heavy atom. The van der Waals surface area contributed by atoms with E-state index < -0.39 is 0 Å². The summed E-state index contributed by atoms with van der Waals surface area (Å²) in [6, 6.07) is 23.4. The molecule has 0 unspecified atom stereocenters. The molecule has 2 heteroatoms. The zero-order valence-corrected chi connectivity index (χ0v) is 16.5. The first kappa shape index (κ1) is 19.0. The summed E-state index contributed by atoms with van der Waals surface area (Å²) < 4.78 is 11.0. The Kier molecular flexibility index (Phi) is 6.54. The summed E-state index contributed by atoms with van der Waals surface area (Å²) in [5.41, 5.74) is 6.32. The maximum Gasteiger partial charge on any atom is 0.126 e. The molecule has 0 N–H and O–H groups in total. The van der Waals surface area contributed by atoms with Gasteiger partial charge < -0.3 is 9.47 Å². The fourth-order valence-corrected chi connectivity index (χ4v) is 3.52. The third-order valence-corrected chi connectivity index (χ3v) is 4.94. The van der Waals surface area contributed by atoms with Crippen LogP contribution < -0.4 is 9.47 Å². The Bertz CT molecular complexity index is 883. The molecule has 140 valence electrons. The molecule has 0 amide bonds. The smallest absolute Gasteiger partial charge is 0.126 e. The van der Waals surface area contributed by atoms with Gasteiger partial charge in [-0.3, -0.25) is 0 Å². The molecule has 0 saturated carbocycles. The lowest BCUT2D eigenvalue weighted by Crippen LogP contribution is -1.95. The number of aryl methyl sites for hydroxylation is 3. The van der Waals surface area contributed by atoms with Gasteiger partial charge in [0.25, 0.3) is 0 Å². The lowest BCUT2D eigenvalue weighted by Gasteiger charge is -2.11. The Labute approximate surface area is 162 Å². The zero-order valence-electron chi connectivity index (χ0n) is 16.5. The lowest BCUT2D eigenvalue weighted by atomic mass is 9.98. The molecule has 27 heavy (non-hydrogen) atoms. The number of methoxy groups -OCH3 is 2. The molecule has 0 aliphatic rings. The summed E-state index contributed by atoms with van der Waals surface area (Å²) in [6.45, 7) is 2.13. The van der Waals surface area contributed by atoms with Crippen LogP contribution in [0, 0.1) is 6.92 Å². The highest BCUT2D eigenvalue weighted by Crippen LogP contribution is 2.30. The number of hydrogen-bond donors (Lipinski definition) is 0. The second-order valence-electron chi connectivity index (χ2n) is 6.92. The third-order valence-electron chi connectivity index (χ3n) is 4.94. The maximum absolute atomic E-state index is 5.51. The second kappa shape index (κ2) is 9.27. The van der Waals surface area contributed by atoms with Crippen LogP contribution in [-0.2, 0) is 12.8 Å². The number of unbranched alkanes of at least 4 members (excludes halogenated alkanes) is 1. The van der Waals surface area contributed by atoms with Gasteiger partial charge in [0.2, 0.25) is 0 Å². The highest BCUT2D eigenvalue weighted by atomic mass is 16.5. The molecule has 0 aliphatic carbocycles. The van der Waals surface area contributed by atoms with Crippen molar-refractivity contribution in [3.05, 3.63) is 83.4 Å². The second-order valence-corrected chi connectivity index (χ2v) is 6.92. The van der Waals surface area contributed by atoms with Crippen LogP contribution in [0.4, 0.5) is 0 Å². The molecule has 0 saturated heterocycles. The molecule has 3 aromatic rings. The van der Waals surface area contributed by atoms with Gasteiger partial charge in [-0.1, -0.05) is 60.2 Å². The molecule has 0 spiro atoms. The zero-order chi connectivity index (χ0) is 19.1. The van der Waals surface area contributed by atoms with Gasteiger partial charge in [-0.25, -0.2) is 0 Å². The van der Waals surface area contributed by atoms with E-state index >= 15 is 0 Å². The minimum absolute atomic E-state index is 0.918.